The van der Waals surface area contributed by atoms with E-state index in [9.17, 15) is 5.11 Å². The minimum Gasteiger partial charge on any atom is -0.393 e. The molecule has 0 spiro atoms. The van der Waals surface area contributed by atoms with Crippen molar-refractivity contribution in [3.8, 4) is 0 Å². The molecule has 0 aliphatic rings. The van der Waals surface area contributed by atoms with Crippen molar-refractivity contribution in [1.29, 1.82) is 0 Å². The molecule has 0 fully saturated rings. The zero-order valence-electron chi connectivity index (χ0n) is 12.5. The average molecular weight is 248 g/mol. The Balaban J connectivity index is 2.57. The highest BCUT2D eigenvalue weighted by Gasteiger charge is 2.21. The molecule has 0 saturated heterocycles. The Bertz CT molecular complexity index is 360. The van der Waals surface area contributed by atoms with E-state index in [1.54, 1.807) is 0 Å². The molecule has 0 aliphatic carbocycles. The van der Waals surface area contributed by atoms with E-state index in [1.807, 2.05) is 0 Å². The summed E-state index contributed by atoms with van der Waals surface area (Å²) >= 11 is 0. The zero-order chi connectivity index (χ0) is 13.8. The summed E-state index contributed by atoms with van der Waals surface area (Å²) in [5, 5.41) is 10.1. The van der Waals surface area contributed by atoms with Gasteiger partial charge in [0.2, 0.25) is 0 Å². The molecule has 0 heterocycles. The third-order valence-electron chi connectivity index (χ3n) is 3.34. The van der Waals surface area contributed by atoms with Crippen LogP contribution in [-0.4, -0.2) is 11.2 Å². The molecule has 0 aromatic heterocycles. The first-order valence-electron chi connectivity index (χ1n) is 7.05. The first kappa shape index (κ1) is 15.2. The van der Waals surface area contributed by atoms with Gasteiger partial charge in [0, 0.05) is 0 Å². The molecular formula is C17H28O. The van der Waals surface area contributed by atoms with Crippen LogP contribution >= 0.6 is 0 Å². The van der Waals surface area contributed by atoms with Crippen LogP contribution in [0.1, 0.15) is 52.2 Å². The fraction of sp³-hybridized carbons (Fsp3) is 0.647. The van der Waals surface area contributed by atoms with E-state index in [2.05, 4.69) is 58.9 Å². The predicted molar refractivity (Wildman–Crippen MR) is 78.8 cm³/mol. The fourth-order valence-electron chi connectivity index (χ4n) is 2.12. The maximum Gasteiger partial charge on any atom is 0.0591 e. The SMILES string of the molecule is CC(C)Cc1cccc(CCC(O)C(C)(C)C)c1. The molecular weight excluding hydrogens is 220 g/mol. The second-order valence-corrected chi connectivity index (χ2v) is 6.84. The highest BCUT2D eigenvalue weighted by atomic mass is 16.3. The van der Waals surface area contributed by atoms with E-state index in [0.717, 1.165) is 19.3 Å². The Morgan fingerprint density at radius 3 is 2.28 bits per heavy atom. The molecule has 1 atom stereocenters. The summed E-state index contributed by atoms with van der Waals surface area (Å²) in [5.41, 5.74) is 2.74. The van der Waals surface area contributed by atoms with Crippen LogP contribution in [0.3, 0.4) is 0 Å². The molecule has 1 N–H and O–H groups in total. The summed E-state index contributed by atoms with van der Waals surface area (Å²) in [7, 11) is 0. The summed E-state index contributed by atoms with van der Waals surface area (Å²) < 4.78 is 0. The molecule has 18 heavy (non-hydrogen) atoms. The van der Waals surface area contributed by atoms with Gasteiger partial charge in [-0.05, 0) is 41.7 Å². The first-order valence-corrected chi connectivity index (χ1v) is 7.05. The van der Waals surface area contributed by atoms with Gasteiger partial charge in [-0.2, -0.15) is 0 Å². The molecule has 102 valence electrons. The molecule has 1 aromatic carbocycles. The molecule has 1 unspecified atom stereocenters. The van der Waals surface area contributed by atoms with E-state index < -0.39 is 0 Å². The van der Waals surface area contributed by atoms with E-state index in [-0.39, 0.29) is 11.5 Å². The standard InChI is InChI=1S/C17H28O/c1-13(2)11-15-8-6-7-14(12-15)9-10-16(18)17(3,4)5/h6-8,12-13,16,18H,9-11H2,1-5H3. The molecule has 0 saturated carbocycles. The smallest absolute Gasteiger partial charge is 0.0591 e. The van der Waals surface area contributed by atoms with Crippen LogP contribution in [-0.2, 0) is 12.8 Å². The normalized spacial score (nSPS) is 13.9. The number of aryl methyl sites for hydroxylation is 1. The van der Waals surface area contributed by atoms with Crippen molar-refractivity contribution in [3.63, 3.8) is 0 Å². The Labute approximate surface area is 112 Å². The lowest BCUT2D eigenvalue weighted by Gasteiger charge is -2.25. The van der Waals surface area contributed by atoms with E-state index in [1.165, 1.54) is 11.1 Å². The highest BCUT2D eigenvalue weighted by Crippen LogP contribution is 2.23. The van der Waals surface area contributed by atoms with Crippen molar-refractivity contribution in [2.45, 2.75) is 60.0 Å². The van der Waals surface area contributed by atoms with Gasteiger partial charge < -0.3 is 5.11 Å². The second kappa shape index (κ2) is 6.38. The largest absolute Gasteiger partial charge is 0.393 e. The molecule has 1 aromatic rings. The number of hydrogen-bond acceptors (Lipinski definition) is 1. The molecule has 1 nitrogen and oxygen atoms in total. The Hall–Kier alpha value is -0.820. The summed E-state index contributed by atoms with van der Waals surface area (Å²) in [6.45, 7) is 10.8. The van der Waals surface area contributed by atoms with Crippen LogP contribution < -0.4 is 0 Å². The lowest BCUT2D eigenvalue weighted by Crippen LogP contribution is -2.26. The topological polar surface area (TPSA) is 20.2 Å². The van der Waals surface area contributed by atoms with Crippen molar-refractivity contribution in [2.75, 3.05) is 0 Å². The molecule has 0 radical (unpaired) electrons. The minimum absolute atomic E-state index is 0.0183. The maximum absolute atomic E-state index is 10.1. The van der Waals surface area contributed by atoms with Gasteiger partial charge in [0.25, 0.3) is 0 Å². The quantitative estimate of drug-likeness (QED) is 0.827. The third kappa shape index (κ3) is 5.22. The Kier molecular flexibility index (Phi) is 5.40. The summed E-state index contributed by atoms with van der Waals surface area (Å²) in [5.74, 6) is 0.695. The molecule has 0 bridgehead atoms. The van der Waals surface area contributed by atoms with Crippen molar-refractivity contribution in [2.24, 2.45) is 11.3 Å². The molecule has 0 amide bonds. The van der Waals surface area contributed by atoms with Gasteiger partial charge in [-0.25, -0.2) is 0 Å². The van der Waals surface area contributed by atoms with Crippen LogP contribution in [0.15, 0.2) is 24.3 Å². The summed E-state index contributed by atoms with van der Waals surface area (Å²) in [4.78, 5) is 0. The lowest BCUT2D eigenvalue weighted by molar-refractivity contribution is 0.0560. The number of aliphatic hydroxyl groups excluding tert-OH is 1. The van der Waals surface area contributed by atoms with Gasteiger partial charge in [-0.3, -0.25) is 0 Å². The maximum atomic E-state index is 10.1. The van der Waals surface area contributed by atoms with Gasteiger partial charge in [-0.15, -0.1) is 0 Å². The predicted octanol–water partition coefficient (Wildman–Crippen LogP) is 4.22. The van der Waals surface area contributed by atoms with Crippen molar-refractivity contribution < 1.29 is 5.11 Å². The highest BCUT2D eigenvalue weighted by molar-refractivity contribution is 5.24. The zero-order valence-corrected chi connectivity index (χ0v) is 12.5. The van der Waals surface area contributed by atoms with Gasteiger partial charge in [0.05, 0.1) is 6.10 Å². The van der Waals surface area contributed by atoms with Crippen LogP contribution in [0, 0.1) is 11.3 Å². The van der Waals surface area contributed by atoms with Crippen molar-refractivity contribution >= 4 is 0 Å². The molecule has 1 heteroatoms. The second-order valence-electron chi connectivity index (χ2n) is 6.84. The third-order valence-corrected chi connectivity index (χ3v) is 3.34. The van der Waals surface area contributed by atoms with Crippen LogP contribution in [0.2, 0.25) is 0 Å². The van der Waals surface area contributed by atoms with Crippen molar-refractivity contribution in [1.82, 2.24) is 0 Å². The Morgan fingerprint density at radius 1 is 1.11 bits per heavy atom. The van der Waals surface area contributed by atoms with Crippen LogP contribution in [0.25, 0.3) is 0 Å². The summed E-state index contributed by atoms with van der Waals surface area (Å²) in [6.07, 6.45) is 2.71. The monoisotopic (exact) mass is 248 g/mol. The van der Waals surface area contributed by atoms with Gasteiger partial charge in [-0.1, -0.05) is 58.9 Å². The van der Waals surface area contributed by atoms with E-state index >= 15 is 0 Å². The van der Waals surface area contributed by atoms with Crippen molar-refractivity contribution in [3.05, 3.63) is 35.4 Å². The van der Waals surface area contributed by atoms with Crippen LogP contribution in [0.4, 0.5) is 0 Å². The number of rotatable bonds is 5. The van der Waals surface area contributed by atoms with Gasteiger partial charge in [0.1, 0.15) is 0 Å². The number of aliphatic hydroxyl groups is 1. The molecule has 0 aliphatic heterocycles. The number of benzene rings is 1. The first-order chi connectivity index (χ1) is 8.29. The minimum atomic E-state index is -0.230. The lowest BCUT2D eigenvalue weighted by atomic mass is 9.85. The summed E-state index contributed by atoms with van der Waals surface area (Å²) in [6, 6.07) is 8.79. The average Bonchev–Trinajstić information content (AvgIpc) is 2.24. The van der Waals surface area contributed by atoms with Gasteiger partial charge >= 0.3 is 0 Å². The Morgan fingerprint density at radius 2 is 1.72 bits per heavy atom. The van der Waals surface area contributed by atoms with Gasteiger partial charge in [0.15, 0.2) is 0 Å². The van der Waals surface area contributed by atoms with E-state index in [0.29, 0.717) is 5.92 Å². The number of hydrogen-bond donors (Lipinski definition) is 1. The fourth-order valence-corrected chi connectivity index (χ4v) is 2.12. The van der Waals surface area contributed by atoms with E-state index in [4.69, 9.17) is 0 Å². The molecule has 1 rings (SSSR count). The van der Waals surface area contributed by atoms with Crippen LogP contribution in [0.5, 0.6) is 0 Å².